The standard InChI is InChI=1S/C16H25N5O/c1-13-3-5-20(6-4-13)15-11-16(18-14(2)17-15)21-9-7-19(12-22)8-10-21/h11-13H,3-10H2,1-2H3. The second-order valence-corrected chi connectivity index (χ2v) is 6.43. The van der Waals surface area contributed by atoms with Gasteiger partial charge in [-0.25, -0.2) is 9.97 Å². The number of carbonyl (C=O) groups is 1. The number of rotatable bonds is 3. The van der Waals surface area contributed by atoms with Crippen molar-refractivity contribution in [1.29, 1.82) is 0 Å². The van der Waals surface area contributed by atoms with Crippen molar-refractivity contribution in [3.8, 4) is 0 Å². The number of aryl methyl sites for hydroxylation is 1. The molecule has 6 heteroatoms. The quantitative estimate of drug-likeness (QED) is 0.788. The van der Waals surface area contributed by atoms with Crippen LogP contribution in [0.4, 0.5) is 11.6 Å². The number of anilines is 2. The van der Waals surface area contributed by atoms with Crippen LogP contribution in [0, 0.1) is 12.8 Å². The van der Waals surface area contributed by atoms with Gasteiger partial charge in [-0.3, -0.25) is 4.79 Å². The SMILES string of the molecule is Cc1nc(N2CCC(C)CC2)cc(N2CCN(C=O)CC2)n1. The third-order valence-electron chi connectivity index (χ3n) is 4.71. The van der Waals surface area contributed by atoms with Crippen LogP contribution in [-0.4, -0.2) is 60.5 Å². The van der Waals surface area contributed by atoms with Crippen LogP contribution in [0.3, 0.4) is 0 Å². The fraction of sp³-hybridized carbons (Fsp3) is 0.688. The van der Waals surface area contributed by atoms with Crippen molar-refractivity contribution in [2.75, 3.05) is 49.1 Å². The lowest BCUT2D eigenvalue weighted by Crippen LogP contribution is -2.46. The number of piperidine rings is 1. The normalized spacial score (nSPS) is 20.4. The van der Waals surface area contributed by atoms with E-state index in [4.69, 9.17) is 0 Å². The molecule has 0 atom stereocenters. The van der Waals surface area contributed by atoms with Crippen LogP contribution in [0.5, 0.6) is 0 Å². The van der Waals surface area contributed by atoms with E-state index in [1.165, 1.54) is 12.8 Å². The van der Waals surface area contributed by atoms with E-state index in [0.29, 0.717) is 0 Å². The van der Waals surface area contributed by atoms with Gasteiger partial charge in [0.1, 0.15) is 17.5 Å². The van der Waals surface area contributed by atoms with E-state index in [-0.39, 0.29) is 0 Å². The first-order chi connectivity index (χ1) is 10.7. The van der Waals surface area contributed by atoms with Crippen LogP contribution in [-0.2, 0) is 4.79 Å². The number of nitrogens with zero attached hydrogens (tertiary/aromatic N) is 5. The summed E-state index contributed by atoms with van der Waals surface area (Å²) in [5.41, 5.74) is 0. The van der Waals surface area contributed by atoms with Gasteiger partial charge in [0.15, 0.2) is 0 Å². The van der Waals surface area contributed by atoms with E-state index in [1.54, 1.807) is 0 Å². The third kappa shape index (κ3) is 3.31. The summed E-state index contributed by atoms with van der Waals surface area (Å²) in [6.45, 7) is 9.65. The number of amides is 1. The number of piperazine rings is 1. The molecule has 1 aromatic rings. The Hall–Kier alpha value is -1.85. The van der Waals surface area contributed by atoms with E-state index >= 15 is 0 Å². The van der Waals surface area contributed by atoms with Crippen molar-refractivity contribution < 1.29 is 4.79 Å². The van der Waals surface area contributed by atoms with Crippen molar-refractivity contribution in [1.82, 2.24) is 14.9 Å². The van der Waals surface area contributed by atoms with Gasteiger partial charge in [0, 0.05) is 45.3 Å². The molecule has 120 valence electrons. The fourth-order valence-corrected chi connectivity index (χ4v) is 3.15. The average Bonchev–Trinajstić information content (AvgIpc) is 2.55. The first-order valence-electron chi connectivity index (χ1n) is 8.20. The summed E-state index contributed by atoms with van der Waals surface area (Å²) >= 11 is 0. The lowest BCUT2D eigenvalue weighted by Gasteiger charge is -2.35. The van der Waals surface area contributed by atoms with Gasteiger partial charge >= 0.3 is 0 Å². The molecule has 0 spiro atoms. The molecule has 2 aliphatic rings. The molecule has 2 fully saturated rings. The Bertz CT molecular complexity index is 519. The fourth-order valence-electron chi connectivity index (χ4n) is 3.15. The summed E-state index contributed by atoms with van der Waals surface area (Å²) < 4.78 is 0. The molecule has 2 saturated heterocycles. The van der Waals surface area contributed by atoms with E-state index in [9.17, 15) is 4.79 Å². The van der Waals surface area contributed by atoms with Crippen LogP contribution in [0.1, 0.15) is 25.6 Å². The Balaban J connectivity index is 1.74. The Morgan fingerprint density at radius 2 is 1.55 bits per heavy atom. The van der Waals surface area contributed by atoms with Gasteiger partial charge in [-0.15, -0.1) is 0 Å². The zero-order valence-electron chi connectivity index (χ0n) is 13.5. The van der Waals surface area contributed by atoms with Crippen LogP contribution >= 0.6 is 0 Å². The van der Waals surface area contributed by atoms with Crippen molar-refractivity contribution in [2.45, 2.75) is 26.7 Å². The van der Waals surface area contributed by atoms with Gasteiger partial charge < -0.3 is 14.7 Å². The zero-order valence-corrected chi connectivity index (χ0v) is 13.5. The molecular weight excluding hydrogens is 278 g/mol. The molecule has 0 N–H and O–H groups in total. The molecular formula is C16H25N5O. The van der Waals surface area contributed by atoms with Crippen molar-refractivity contribution >= 4 is 18.0 Å². The summed E-state index contributed by atoms with van der Waals surface area (Å²) in [6, 6.07) is 2.11. The molecule has 0 bridgehead atoms. The Labute approximate surface area is 132 Å². The molecule has 1 aromatic heterocycles. The molecule has 3 rings (SSSR count). The lowest BCUT2D eigenvalue weighted by atomic mass is 9.99. The Kier molecular flexibility index (Phi) is 4.45. The highest BCUT2D eigenvalue weighted by Crippen LogP contribution is 2.24. The second kappa shape index (κ2) is 6.50. The van der Waals surface area contributed by atoms with Gasteiger partial charge in [-0.2, -0.15) is 0 Å². The summed E-state index contributed by atoms with van der Waals surface area (Å²) in [5, 5.41) is 0. The second-order valence-electron chi connectivity index (χ2n) is 6.43. The monoisotopic (exact) mass is 303 g/mol. The van der Waals surface area contributed by atoms with Gasteiger partial charge in [0.05, 0.1) is 0 Å². The van der Waals surface area contributed by atoms with Crippen molar-refractivity contribution in [2.24, 2.45) is 5.92 Å². The summed E-state index contributed by atoms with van der Waals surface area (Å²) in [7, 11) is 0. The number of hydrogen-bond donors (Lipinski definition) is 0. The first kappa shape index (κ1) is 15.1. The molecule has 22 heavy (non-hydrogen) atoms. The molecule has 0 radical (unpaired) electrons. The highest BCUT2D eigenvalue weighted by atomic mass is 16.1. The number of carbonyl (C=O) groups excluding carboxylic acids is 1. The van der Waals surface area contributed by atoms with Gasteiger partial charge in [0.2, 0.25) is 6.41 Å². The van der Waals surface area contributed by atoms with Crippen LogP contribution in [0.2, 0.25) is 0 Å². The van der Waals surface area contributed by atoms with E-state index in [2.05, 4.69) is 32.8 Å². The Morgan fingerprint density at radius 1 is 1.00 bits per heavy atom. The molecule has 3 heterocycles. The van der Waals surface area contributed by atoms with Gasteiger partial charge in [-0.05, 0) is 25.7 Å². The smallest absolute Gasteiger partial charge is 0.209 e. The van der Waals surface area contributed by atoms with E-state index in [0.717, 1.165) is 69.1 Å². The minimum absolute atomic E-state index is 0.767. The molecule has 0 aliphatic carbocycles. The number of aromatic nitrogens is 2. The maximum Gasteiger partial charge on any atom is 0.209 e. The predicted octanol–water partition coefficient (Wildman–Crippen LogP) is 1.30. The maximum atomic E-state index is 10.8. The molecule has 1 amide bonds. The van der Waals surface area contributed by atoms with Gasteiger partial charge in [-0.1, -0.05) is 6.92 Å². The first-order valence-corrected chi connectivity index (χ1v) is 8.20. The summed E-state index contributed by atoms with van der Waals surface area (Å²) in [4.78, 5) is 26.5. The highest BCUT2D eigenvalue weighted by molar-refractivity contribution is 5.53. The maximum absolute atomic E-state index is 10.8. The largest absolute Gasteiger partial charge is 0.356 e. The number of hydrogen-bond acceptors (Lipinski definition) is 5. The van der Waals surface area contributed by atoms with Crippen molar-refractivity contribution in [3.63, 3.8) is 0 Å². The van der Waals surface area contributed by atoms with Crippen LogP contribution in [0.25, 0.3) is 0 Å². The minimum Gasteiger partial charge on any atom is -0.356 e. The molecule has 2 aliphatic heterocycles. The van der Waals surface area contributed by atoms with Crippen LogP contribution in [0.15, 0.2) is 6.07 Å². The van der Waals surface area contributed by atoms with Crippen LogP contribution < -0.4 is 9.80 Å². The molecule has 6 nitrogen and oxygen atoms in total. The molecule has 0 aromatic carbocycles. The zero-order chi connectivity index (χ0) is 15.5. The average molecular weight is 303 g/mol. The lowest BCUT2D eigenvalue weighted by molar-refractivity contribution is -0.118. The van der Waals surface area contributed by atoms with E-state index in [1.807, 2.05) is 11.8 Å². The molecule has 0 unspecified atom stereocenters. The molecule has 0 saturated carbocycles. The van der Waals surface area contributed by atoms with Gasteiger partial charge in [0.25, 0.3) is 0 Å². The summed E-state index contributed by atoms with van der Waals surface area (Å²) in [6.07, 6.45) is 3.40. The predicted molar refractivity (Wildman–Crippen MR) is 87.2 cm³/mol. The van der Waals surface area contributed by atoms with Crippen molar-refractivity contribution in [3.05, 3.63) is 11.9 Å². The van der Waals surface area contributed by atoms with E-state index < -0.39 is 0 Å². The third-order valence-corrected chi connectivity index (χ3v) is 4.71. The minimum atomic E-state index is 0.767. The summed E-state index contributed by atoms with van der Waals surface area (Å²) in [5.74, 6) is 3.68. The highest BCUT2D eigenvalue weighted by Gasteiger charge is 2.21. The topological polar surface area (TPSA) is 52.6 Å². The Morgan fingerprint density at radius 3 is 2.09 bits per heavy atom.